The van der Waals surface area contributed by atoms with E-state index in [4.69, 9.17) is 16.3 Å². The SMILES string of the molecule is Cc1cccc(-c2c3c(=O)n(C)c(=O)n(C)c3c3n2C(C)(C)COC3c2cc(Cl)ccc2O)c1. The summed E-state index contributed by atoms with van der Waals surface area (Å²) < 4.78 is 11.0. The van der Waals surface area contributed by atoms with Crippen LogP contribution in [0.4, 0.5) is 0 Å². The van der Waals surface area contributed by atoms with Crippen LogP contribution in [0, 0.1) is 6.92 Å². The van der Waals surface area contributed by atoms with Crippen molar-refractivity contribution in [1.82, 2.24) is 13.7 Å². The largest absolute Gasteiger partial charge is 0.508 e. The minimum atomic E-state index is -0.731. The monoisotopic (exact) mass is 479 g/mol. The number of benzene rings is 2. The summed E-state index contributed by atoms with van der Waals surface area (Å²) in [5.41, 5.74) is 2.91. The van der Waals surface area contributed by atoms with Gasteiger partial charge in [-0.1, -0.05) is 35.4 Å². The Labute approximate surface area is 201 Å². The Hall–Kier alpha value is -3.29. The molecule has 0 fully saturated rings. The summed E-state index contributed by atoms with van der Waals surface area (Å²) in [4.78, 5) is 26.6. The Morgan fingerprint density at radius 3 is 2.53 bits per heavy atom. The second-order valence-corrected chi connectivity index (χ2v) is 10.0. The molecule has 1 aliphatic heterocycles. The highest BCUT2D eigenvalue weighted by atomic mass is 35.5. The molecule has 34 heavy (non-hydrogen) atoms. The van der Waals surface area contributed by atoms with Gasteiger partial charge in [0, 0.05) is 24.7 Å². The molecule has 0 radical (unpaired) electrons. The smallest absolute Gasteiger partial charge is 0.331 e. The molecule has 1 aliphatic rings. The number of aromatic nitrogens is 3. The maximum absolute atomic E-state index is 13.6. The van der Waals surface area contributed by atoms with E-state index in [2.05, 4.69) is 4.57 Å². The summed E-state index contributed by atoms with van der Waals surface area (Å²) in [6, 6.07) is 12.7. The van der Waals surface area contributed by atoms with Crippen molar-refractivity contribution in [3.8, 4) is 17.0 Å². The van der Waals surface area contributed by atoms with Crippen molar-refractivity contribution >= 4 is 22.5 Å². The normalized spacial score (nSPS) is 17.2. The van der Waals surface area contributed by atoms with Gasteiger partial charge in [-0.3, -0.25) is 13.9 Å². The molecule has 4 aromatic rings. The van der Waals surface area contributed by atoms with E-state index in [1.54, 1.807) is 19.2 Å². The van der Waals surface area contributed by atoms with Crippen molar-refractivity contribution in [2.24, 2.45) is 14.1 Å². The van der Waals surface area contributed by atoms with Crippen LogP contribution >= 0.6 is 11.6 Å². The van der Waals surface area contributed by atoms with E-state index in [1.165, 1.54) is 17.7 Å². The van der Waals surface area contributed by atoms with Crippen LogP contribution in [0.15, 0.2) is 52.1 Å². The summed E-state index contributed by atoms with van der Waals surface area (Å²) in [5.74, 6) is 0.0287. The number of hydrogen-bond acceptors (Lipinski definition) is 4. The molecule has 7 nitrogen and oxygen atoms in total. The standard InChI is InChI=1S/C26H26ClN3O4/c1-14-7-6-8-15(11-14)20-19-21(28(4)25(33)29(5)24(19)32)22-23(34-13-26(2,3)30(20)22)17-12-16(27)9-10-18(17)31/h6-12,23,31H,13H2,1-5H3. The van der Waals surface area contributed by atoms with Crippen LogP contribution in [0.25, 0.3) is 22.2 Å². The number of halogens is 1. The molecule has 176 valence electrons. The lowest BCUT2D eigenvalue weighted by Gasteiger charge is -2.39. The fraction of sp³-hybridized carbons (Fsp3) is 0.308. The van der Waals surface area contributed by atoms with Crippen molar-refractivity contribution in [3.63, 3.8) is 0 Å². The number of hydrogen-bond donors (Lipinski definition) is 1. The van der Waals surface area contributed by atoms with Crippen molar-refractivity contribution in [1.29, 1.82) is 0 Å². The van der Waals surface area contributed by atoms with Gasteiger partial charge in [-0.15, -0.1) is 0 Å². The van der Waals surface area contributed by atoms with Gasteiger partial charge in [0.05, 0.1) is 34.4 Å². The van der Waals surface area contributed by atoms with Crippen LogP contribution in [0.5, 0.6) is 5.75 Å². The molecular formula is C26H26ClN3O4. The maximum atomic E-state index is 13.6. The first-order valence-electron chi connectivity index (χ1n) is 11.0. The zero-order chi connectivity index (χ0) is 24.5. The quantitative estimate of drug-likeness (QED) is 0.466. The number of phenolic OH excluding ortho intramolecular Hbond substituents is 1. The van der Waals surface area contributed by atoms with Gasteiger partial charge in [0.15, 0.2) is 0 Å². The third-order valence-electron chi connectivity index (χ3n) is 6.63. The van der Waals surface area contributed by atoms with Crippen molar-refractivity contribution in [2.45, 2.75) is 32.4 Å². The van der Waals surface area contributed by atoms with E-state index in [0.29, 0.717) is 33.8 Å². The van der Waals surface area contributed by atoms with Crippen LogP contribution in [0.3, 0.4) is 0 Å². The molecule has 3 heterocycles. The van der Waals surface area contributed by atoms with Gasteiger partial charge in [0.1, 0.15) is 11.9 Å². The number of phenols is 1. The average molecular weight is 480 g/mol. The lowest BCUT2D eigenvalue weighted by molar-refractivity contribution is -0.00798. The summed E-state index contributed by atoms with van der Waals surface area (Å²) >= 11 is 6.28. The molecule has 8 heteroatoms. The highest BCUT2D eigenvalue weighted by Crippen LogP contribution is 2.47. The van der Waals surface area contributed by atoms with Crippen LogP contribution < -0.4 is 11.2 Å². The predicted molar refractivity (Wildman–Crippen MR) is 133 cm³/mol. The van der Waals surface area contributed by atoms with E-state index in [1.807, 2.05) is 45.0 Å². The molecule has 2 aromatic heterocycles. The first kappa shape index (κ1) is 22.5. The highest BCUT2D eigenvalue weighted by molar-refractivity contribution is 6.30. The van der Waals surface area contributed by atoms with Crippen LogP contribution in [-0.4, -0.2) is 25.4 Å². The highest BCUT2D eigenvalue weighted by Gasteiger charge is 2.41. The lowest BCUT2D eigenvalue weighted by Crippen LogP contribution is -2.40. The van der Waals surface area contributed by atoms with Gasteiger partial charge in [-0.05, 0) is 50.6 Å². The van der Waals surface area contributed by atoms with E-state index in [9.17, 15) is 14.7 Å². The Bertz CT molecular complexity index is 1590. The number of ether oxygens (including phenoxy) is 1. The van der Waals surface area contributed by atoms with Crippen molar-refractivity contribution in [2.75, 3.05) is 6.61 Å². The maximum Gasteiger partial charge on any atom is 0.331 e. The van der Waals surface area contributed by atoms with Gasteiger partial charge in [-0.25, -0.2) is 4.79 Å². The number of rotatable bonds is 2. The first-order valence-corrected chi connectivity index (χ1v) is 11.4. The van der Waals surface area contributed by atoms with Gasteiger partial charge in [0.2, 0.25) is 0 Å². The molecule has 0 aliphatic carbocycles. The van der Waals surface area contributed by atoms with Crippen LogP contribution in [-0.2, 0) is 24.4 Å². The summed E-state index contributed by atoms with van der Waals surface area (Å²) in [7, 11) is 3.14. The van der Waals surface area contributed by atoms with Crippen LogP contribution in [0.1, 0.15) is 36.8 Å². The topological polar surface area (TPSA) is 78.4 Å². The van der Waals surface area contributed by atoms with Gasteiger partial charge in [0.25, 0.3) is 5.56 Å². The molecule has 0 spiro atoms. The summed E-state index contributed by atoms with van der Waals surface area (Å²) in [5, 5.41) is 11.6. The fourth-order valence-corrected chi connectivity index (χ4v) is 5.22. The molecule has 1 unspecified atom stereocenters. The molecule has 1 N–H and O–H groups in total. The molecule has 0 saturated heterocycles. The minimum Gasteiger partial charge on any atom is -0.508 e. The molecular weight excluding hydrogens is 454 g/mol. The summed E-state index contributed by atoms with van der Waals surface area (Å²) in [6.45, 7) is 6.39. The molecule has 0 amide bonds. The molecule has 2 aromatic carbocycles. The first-order chi connectivity index (χ1) is 16.0. The van der Waals surface area contributed by atoms with E-state index in [0.717, 1.165) is 21.4 Å². The minimum absolute atomic E-state index is 0.0287. The van der Waals surface area contributed by atoms with Crippen molar-refractivity contribution in [3.05, 3.63) is 85.1 Å². The zero-order valence-corrected chi connectivity index (χ0v) is 20.5. The molecule has 5 rings (SSSR count). The Kier molecular flexibility index (Phi) is 5.04. The Morgan fingerprint density at radius 2 is 1.82 bits per heavy atom. The second kappa shape index (κ2) is 7.61. The number of fused-ring (bicyclic) bond motifs is 3. The Balaban J connectivity index is 2.04. The molecule has 1 atom stereocenters. The Morgan fingerprint density at radius 1 is 1.09 bits per heavy atom. The third kappa shape index (κ3) is 3.15. The van der Waals surface area contributed by atoms with E-state index >= 15 is 0 Å². The fourth-order valence-electron chi connectivity index (χ4n) is 5.03. The third-order valence-corrected chi connectivity index (χ3v) is 6.86. The van der Waals surface area contributed by atoms with Gasteiger partial charge >= 0.3 is 5.69 Å². The zero-order valence-electron chi connectivity index (χ0n) is 19.7. The average Bonchev–Trinajstić information content (AvgIpc) is 3.16. The number of nitrogens with zero attached hydrogens (tertiary/aromatic N) is 3. The van der Waals surface area contributed by atoms with Gasteiger partial charge < -0.3 is 14.4 Å². The number of aromatic hydroxyl groups is 1. The van der Waals surface area contributed by atoms with Crippen molar-refractivity contribution < 1.29 is 9.84 Å². The second-order valence-electron chi connectivity index (χ2n) is 9.57. The number of aryl methyl sites for hydroxylation is 2. The lowest BCUT2D eigenvalue weighted by atomic mass is 9.97. The van der Waals surface area contributed by atoms with E-state index in [-0.39, 0.29) is 11.3 Å². The molecule has 0 bridgehead atoms. The van der Waals surface area contributed by atoms with E-state index < -0.39 is 17.3 Å². The molecule has 0 saturated carbocycles. The predicted octanol–water partition coefficient (Wildman–Crippen LogP) is 4.23. The van der Waals surface area contributed by atoms with Crippen LogP contribution in [0.2, 0.25) is 5.02 Å². The van der Waals surface area contributed by atoms with Gasteiger partial charge in [-0.2, -0.15) is 0 Å². The summed E-state index contributed by atoms with van der Waals surface area (Å²) in [6.07, 6.45) is -0.731.